The van der Waals surface area contributed by atoms with Crippen molar-refractivity contribution in [2.45, 2.75) is 13.8 Å². The lowest BCUT2D eigenvalue weighted by atomic mass is 10.1. The van der Waals surface area contributed by atoms with Crippen LogP contribution in [0.4, 0.5) is 0 Å². The number of furan rings is 1. The summed E-state index contributed by atoms with van der Waals surface area (Å²) in [7, 11) is 0. The fraction of sp³-hybridized carbons (Fsp3) is 0.167. The molecule has 0 atom stereocenters. The fourth-order valence-electron chi connectivity index (χ4n) is 1.30. The van der Waals surface area contributed by atoms with E-state index in [0.29, 0.717) is 11.3 Å². The first kappa shape index (κ1) is 9.65. The number of hydrogen-bond acceptors (Lipinski definition) is 3. The highest BCUT2D eigenvalue weighted by Crippen LogP contribution is 2.12. The van der Waals surface area contributed by atoms with E-state index in [9.17, 15) is 4.79 Å². The number of aromatic nitrogens is 1. The quantitative estimate of drug-likeness (QED) is 0.701. The monoisotopic (exact) mass is 201 g/mol. The van der Waals surface area contributed by atoms with E-state index in [1.165, 1.54) is 0 Å². The average molecular weight is 201 g/mol. The highest BCUT2D eigenvalue weighted by Gasteiger charge is 2.12. The second kappa shape index (κ2) is 3.69. The molecule has 2 aromatic rings. The van der Waals surface area contributed by atoms with Crippen LogP contribution in [-0.2, 0) is 0 Å². The van der Waals surface area contributed by atoms with Gasteiger partial charge in [-0.3, -0.25) is 9.78 Å². The van der Waals surface area contributed by atoms with Gasteiger partial charge >= 0.3 is 0 Å². The van der Waals surface area contributed by atoms with Crippen LogP contribution in [0.15, 0.2) is 34.9 Å². The van der Waals surface area contributed by atoms with Gasteiger partial charge in [0.05, 0.1) is 0 Å². The van der Waals surface area contributed by atoms with E-state index in [-0.39, 0.29) is 5.78 Å². The SMILES string of the molecule is Cc1ccc(C(=O)c2ccc(C)o2)cn1. The number of hydrogen-bond donors (Lipinski definition) is 0. The smallest absolute Gasteiger partial charge is 0.229 e. The predicted molar refractivity (Wildman–Crippen MR) is 55.9 cm³/mol. The number of rotatable bonds is 2. The van der Waals surface area contributed by atoms with Crippen molar-refractivity contribution in [3.05, 3.63) is 53.2 Å². The fourth-order valence-corrected chi connectivity index (χ4v) is 1.30. The standard InChI is InChI=1S/C12H11NO2/c1-8-3-5-10(7-13-8)12(14)11-6-4-9(2)15-11/h3-7H,1-2H3. The van der Waals surface area contributed by atoms with E-state index in [4.69, 9.17) is 4.42 Å². The molecule has 0 aromatic carbocycles. The Morgan fingerprint density at radius 1 is 1.20 bits per heavy atom. The Labute approximate surface area is 87.8 Å². The molecule has 76 valence electrons. The van der Waals surface area contributed by atoms with Gasteiger partial charge in [0.25, 0.3) is 0 Å². The van der Waals surface area contributed by atoms with E-state index in [2.05, 4.69) is 4.98 Å². The molecule has 0 N–H and O–H groups in total. The molecule has 3 nitrogen and oxygen atoms in total. The Morgan fingerprint density at radius 2 is 2.00 bits per heavy atom. The van der Waals surface area contributed by atoms with Crippen molar-refractivity contribution in [1.82, 2.24) is 4.98 Å². The van der Waals surface area contributed by atoms with Crippen LogP contribution in [0.1, 0.15) is 27.6 Å². The summed E-state index contributed by atoms with van der Waals surface area (Å²) in [4.78, 5) is 15.9. The zero-order valence-electron chi connectivity index (χ0n) is 8.65. The third-order valence-corrected chi connectivity index (χ3v) is 2.14. The zero-order chi connectivity index (χ0) is 10.8. The molecule has 0 amide bonds. The van der Waals surface area contributed by atoms with E-state index in [1.807, 2.05) is 19.9 Å². The molecular weight excluding hydrogens is 190 g/mol. The first-order valence-electron chi connectivity index (χ1n) is 4.70. The summed E-state index contributed by atoms with van der Waals surface area (Å²) in [5.41, 5.74) is 1.44. The van der Waals surface area contributed by atoms with E-state index >= 15 is 0 Å². The van der Waals surface area contributed by atoms with Crippen molar-refractivity contribution in [3.8, 4) is 0 Å². The Morgan fingerprint density at radius 3 is 2.53 bits per heavy atom. The molecule has 0 saturated heterocycles. The van der Waals surface area contributed by atoms with Crippen LogP contribution in [0.3, 0.4) is 0 Å². The normalized spacial score (nSPS) is 10.3. The molecule has 2 heterocycles. The van der Waals surface area contributed by atoms with E-state index in [1.54, 1.807) is 24.4 Å². The lowest BCUT2D eigenvalue weighted by Gasteiger charge is -1.97. The highest BCUT2D eigenvalue weighted by atomic mass is 16.3. The minimum Gasteiger partial charge on any atom is -0.458 e. The van der Waals surface area contributed by atoms with Gasteiger partial charge in [-0.1, -0.05) is 0 Å². The summed E-state index contributed by atoms with van der Waals surface area (Å²) in [6.07, 6.45) is 1.56. The minimum atomic E-state index is -0.129. The molecule has 0 aliphatic heterocycles. The van der Waals surface area contributed by atoms with Gasteiger partial charge in [-0.25, -0.2) is 0 Å². The van der Waals surface area contributed by atoms with Crippen molar-refractivity contribution < 1.29 is 9.21 Å². The van der Waals surface area contributed by atoms with Crippen LogP contribution in [0.5, 0.6) is 0 Å². The molecule has 0 fully saturated rings. The van der Waals surface area contributed by atoms with Crippen molar-refractivity contribution in [2.24, 2.45) is 0 Å². The Hall–Kier alpha value is -1.90. The number of nitrogens with zero attached hydrogens (tertiary/aromatic N) is 1. The summed E-state index contributed by atoms with van der Waals surface area (Å²) < 4.78 is 5.25. The molecule has 2 aromatic heterocycles. The molecule has 0 unspecified atom stereocenters. The van der Waals surface area contributed by atoms with Gasteiger partial charge in [-0.15, -0.1) is 0 Å². The number of carbonyl (C=O) groups excluding carboxylic acids is 1. The average Bonchev–Trinajstić information content (AvgIpc) is 2.65. The maximum atomic E-state index is 11.8. The summed E-state index contributed by atoms with van der Waals surface area (Å²) in [5, 5.41) is 0. The molecule has 0 radical (unpaired) electrons. The highest BCUT2D eigenvalue weighted by molar-refractivity contribution is 6.06. The van der Waals surface area contributed by atoms with Crippen LogP contribution in [0.2, 0.25) is 0 Å². The van der Waals surface area contributed by atoms with Crippen molar-refractivity contribution in [3.63, 3.8) is 0 Å². The molecule has 0 aliphatic carbocycles. The number of ketones is 1. The molecule has 2 rings (SSSR count). The molecular formula is C12H11NO2. The summed E-state index contributed by atoms with van der Waals surface area (Å²) in [6, 6.07) is 7.01. The second-order valence-electron chi connectivity index (χ2n) is 3.43. The second-order valence-corrected chi connectivity index (χ2v) is 3.43. The lowest BCUT2D eigenvalue weighted by molar-refractivity contribution is 0.101. The molecule has 0 bridgehead atoms. The largest absolute Gasteiger partial charge is 0.458 e. The molecule has 0 spiro atoms. The summed E-state index contributed by atoms with van der Waals surface area (Å²) in [6.45, 7) is 3.69. The molecule has 0 aliphatic rings. The van der Waals surface area contributed by atoms with Gasteiger partial charge in [-0.05, 0) is 38.1 Å². The number of pyridine rings is 1. The Bertz CT molecular complexity index is 483. The summed E-state index contributed by atoms with van der Waals surface area (Å²) >= 11 is 0. The first-order chi connectivity index (χ1) is 7.16. The minimum absolute atomic E-state index is 0.129. The Kier molecular flexibility index (Phi) is 2.37. The zero-order valence-corrected chi connectivity index (χ0v) is 8.65. The molecule has 3 heteroatoms. The predicted octanol–water partition coefficient (Wildman–Crippen LogP) is 2.52. The summed E-state index contributed by atoms with van der Waals surface area (Å²) in [5.74, 6) is 0.965. The van der Waals surface area contributed by atoms with Crippen molar-refractivity contribution in [1.29, 1.82) is 0 Å². The van der Waals surface area contributed by atoms with Gasteiger partial charge in [0.1, 0.15) is 5.76 Å². The van der Waals surface area contributed by atoms with Gasteiger partial charge in [0, 0.05) is 17.5 Å². The Balaban J connectivity index is 2.32. The van der Waals surface area contributed by atoms with Crippen LogP contribution < -0.4 is 0 Å². The van der Waals surface area contributed by atoms with E-state index in [0.717, 1.165) is 11.5 Å². The van der Waals surface area contributed by atoms with Crippen LogP contribution >= 0.6 is 0 Å². The first-order valence-corrected chi connectivity index (χ1v) is 4.70. The van der Waals surface area contributed by atoms with Crippen molar-refractivity contribution >= 4 is 5.78 Å². The number of carbonyl (C=O) groups is 1. The van der Waals surface area contributed by atoms with Gasteiger partial charge < -0.3 is 4.42 Å². The molecule has 15 heavy (non-hydrogen) atoms. The van der Waals surface area contributed by atoms with Gasteiger partial charge in [0.2, 0.25) is 5.78 Å². The van der Waals surface area contributed by atoms with Crippen LogP contribution in [0, 0.1) is 13.8 Å². The van der Waals surface area contributed by atoms with Crippen molar-refractivity contribution in [2.75, 3.05) is 0 Å². The van der Waals surface area contributed by atoms with E-state index < -0.39 is 0 Å². The third kappa shape index (κ3) is 1.96. The maximum absolute atomic E-state index is 11.8. The van der Waals surface area contributed by atoms with Gasteiger partial charge in [0.15, 0.2) is 5.76 Å². The molecule has 0 saturated carbocycles. The lowest BCUT2D eigenvalue weighted by Crippen LogP contribution is -2.00. The third-order valence-electron chi connectivity index (χ3n) is 2.14. The van der Waals surface area contributed by atoms with Gasteiger partial charge in [-0.2, -0.15) is 0 Å². The maximum Gasteiger partial charge on any atom is 0.229 e. The van der Waals surface area contributed by atoms with Crippen LogP contribution in [0.25, 0.3) is 0 Å². The van der Waals surface area contributed by atoms with Crippen LogP contribution in [-0.4, -0.2) is 10.8 Å². The topological polar surface area (TPSA) is 43.1 Å². The number of aryl methyl sites for hydroxylation is 2.